The molecule has 0 saturated carbocycles. The molecule has 0 spiro atoms. The van der Waals surface area contributed by atoms with Crippen molar-refractivity contribution >= 4 is 21.9 Å². The lowest BCUT2D eigenvalue weighted by Crippen LogP contribution is -2.04. The normalized spacial score (nSPS) is 10.5. The van der Waals surface area contributed by atoms with Gasteiger partial charge in [-0.25, -0.2) is 4.98 Å². The number of benzene rings is 1. The number of halogens is 1. The van der Waals surface area contributed by atoms with Gasteiger partial charge < -0.3 is 10.5 Å². The van der Waals surface area contributed by atoms with Crippen LogP contribution < -0.4 is 10.5 Å². The number of ether oxygens (including phenoxy) is 1. The molecule has 5 nitrogen and oxygen atoms in total. The van der Waals surface area contributed by atoms with Gasteiger partial charge >= 0.3 is 0 Å². The molecule has 0 aliphatic heterocycles. The Morgan fingerprint density at radius 2 is 2.05 bits per heavy atom. The van der Waals surface area contributed by atoms with E-state index < -0.39 is 0 Å². The summed E-state index contributed by atoms with van der Waals surface area (Å²) in [5.74, 6) is 2.32. The number of methoxy groups -OCH3 is 1. The number of aromatic nitrogens is 3. The molecule has 0 radical (unpaired) electrons. The minimum atomic E-state index is 0.250. The fraction of sp³-hybridized carbons (Fsp3) is 0.308. The van der Waals surface area contributed by atoms with Crippen LogP contribution in [0.3, 0.4) is 0 Å². The average molecular weight is 323 g/mol. The van der Waals surface area contributed by atoms with Gasteiger partial charge in [-0.1, -0.05) is 6.92 Å². The number of nitrogen functional groups attached to an aromatic ring is 1. The first-order valence-corrected chi connectivity index (χ1v) is 6.77. The maximum absolute atomic E-state index is 5.72. The third-order valence-electron chi connectivity index (χ3n) is 2.58. The number of hydrogen-bond donors (Lipinski definition) is 1. The molecule has 2 aromatic rings. The number of rotatable bonds is 4. The first kappa shape index (κ1) is 13.7. The Labute approximate surface area is 120 Å². The van der Waals surface area contributed by atoms with E-state index >= 15 is 0 Å². The van der Waals surface area contributed by atoms with Gasteiger partial charge in [-0.2, -0.15) is 9.97 Å². The molecular weight excluding hydrogens is 308 g/mol. The average Bonchev–Trinajstić information content (AvgIpc) is 2.38. The van der Waals surface area contributed by atoms with Gasteiger partial charge in [-0.05, 0) is 40.5 Å². The lowest BCUT2D eigenvalue weighted by Gasteiger charge is -2.07. The zero-order valence-corrected chi connectivity index (χ0v) is 12.4. The molecule has 0 bridgehead atoms. The minimum absolute atomic E-state index is 0.250. The lowest BCUT2D eigenvalue weighted by molar-refractivity contribution is 0.412. The van der Waals surface area contributed by atoms with Crippen LogP contribution in [-0.2, 0) is 6.42 Å². The quantitative estimate of drug-likeness (QED) is 0.936. The first-order valence-electron chi connectivity index (χ1n) is 5.98. The summed E-state index contributed by atoms with van der Waals surface area (Å²) < 4.78 is 6.05. The van der Waals surface area contributed by atoms with Crippen LogP contribution in [0.2, 0.25) is 0 Å². The van der Waals surface area contributed by atoms with Crippen LogP contribution >= 0.6 is 15.9 Å². The number of hydrogen-bond acceptors (Lipinski definition) is 5. The highest BCUT2D eigenvalue weighted by Gasteiger charge is 2.09. The molecule has 0 aliphatic carbocycles. The van der Waals surface area contributed by atoms with Crippen molar-refractivity contribution in [1.29, 1.82) is 0 Å². The van der Waals surface area contributed by atoms with E-state index in [4.69, 9.17) is 10.5 Å². The van der Waals surface area contributed by atoms with E-state index in [2.05, 4.69) is 37.8 Å². The maximum Gasteiger partial charge on any atom is 0.223 e. The Hall–Kier alpha value is -1.69. The highest BCUT2D eigenvalue weighted by Crippen LogP contribution is 2.29. The molecule has 0 atom stereocenters. The van der Waals surface area contributed by atoms with Crippen LogP contribution in [0.1, 0.15) is 19.2 Å². The predicted octanol–water partition coefficient (Wildman–Crippen LogP) is 2.84. The highest BCUT2D eigenvalue weighted by atomic mass is 79.9. The second-order valence-electron chi connectivity index (χ2n) is 4.03. The summed E-state index contributed by atoms with van der Waals surface area (Å²) in [6.45, 7) is 2.07. The van der Waals surface area contributed by atoms with Crippen molar-refractivity contribution in [2.45, 2.75) is 19.8 Å². The standard InChI is InChI=1S/C13H15BrN4O/c1-3-4-11-16-12(18-13(15)17-11)8-5-6-10(19-2)9(14)7-8/h5-7H,3-4H2,1-2H3,(H2,15,16,17,18). The first-order chi connectivity index (χ1) is 9.13. The Bertz CT molecular complexity index is 589. The second-order valence-corrected chi connectivity index (χ2v) is 4.89. The Kier molecular flexibility index (Phi) is 4.31. The number of anilines is 1. The Balaban J connectivity index is 2.43. The molecule has 2 N–H and O–H groups in total. The number of nitrogens with two attached hydrogens (primary N) is 1. The van der Waals surface area contributed by atoms with E-state index in [-0.39, 0.29) is 5.95 Å². The van der Waals surface area contributed by atoms with Gasteiger partial charge in [-0.3, -0.25) is 0 Å². The smallest absolute Gasteiger partial charge is 0.223 e. The van der Waals surface area contributed by atoms with Crippen molar-refractivity contribution in [3.05, 3.63) is 28.5 Å². The molecule has 0 aliphatic rings. The van der Waals surface area contributed by atoms with Gasteiger partial charge in [0.05, 0.1) is 11.6 Å². The van der Waals surface area contributed by atoms with E-state index in [1.54, 1.807) is 7.11 Å². The van der Waals surface area contributed by atoms with Crippen molar-refractivity contribution in [2.75, 3.05) is 12.8 Å². The third kappa shape index (κ3) is 3.20. The van der Waals surface area contributed by atoms with Crippen LogP contribution in [0.15, 0.2) is 22.7 Å². The number of aryl methyl sites for hydroxylation is 1. The zero-order valence-electron chi connectivity index (χ0n) is 10.9. The molecule has 0 amide bonds. The summed E-state index contributed by atoms with van der Waals surface area (Å²) in [7, 11) is 1.63. The molecule has 0 saturated heterocycles. The van der Waals surface area contributed by atoms with Gasteiger partial charge in [0.2, 0.25) is 5.95 Å². The van der Waals surface area contributed by atoms with E-state index in [0.29, 0.717) is 5.82 Å². The van der Waals surface area contributed by atoms with Gasteiger partial charge in [0.25, 0.3) is 0 Å². The monoisotopic (exact) mass is 322 g/mol. The largest absolute Gasteiger partial charge is 0.496 e. The molecule has 0 fully saturated rings. The zero-order chi connectivity index (χ0) is 13.8. The van der Waals surface area contributed by atoms with Gasteiger partial charge in [0.1, 0.15) is 11.6 Å². The summed E-state index contributed by atoms with van der Waals surface area (Å²) >= 11 is 3.44. The van der Waals surface area contributed by atoms with Gasteiger partial charge in [0, 0.05) is 12.0 Å². The fourth-order valence-electron chi connectivity index (χ4n) is 1.71. The van der Waals surface area contributed by atoms with Crippen LogP contribution in [0.4, 0.5) is 5.95 Å². The van der Waals surface area contributed by atoms with E-state index in [1.807, 2.05) is 18.2 Å². The molecule has 100 valence electrons. The maximum atomic E-state index is 5.72. The summed E-state index contributed by atoms with van der Waals surface area (Å²) in [5.41, 5.74) is 6.60. The van der Waals surface area contributed by atoms with Crippen molar-refractivity contribution in [3.8, 4) is 17.1 Å². The lowest BCUT2D eigenvalue weighted by atomic mass is 10.2. The predicted molar refractivity (Wildman–Crippen MR) is 77.9 cm³/mol. The summed E-state index contributed by atoms with van der Waals surface area (Å²) in [4.78, 5) is 12.7. The van der Waals surface area contributed by atoms with Gasteiger partial charge in [0.15, 0.2) is 5.82 Å². The van der Waals surface area contributed by atoms with Crippen LogP contribution in [-0.4, -0.2) is 22.1 Å². The third-order valence-corrected chi connectivity index (χ3v) is 3.20. The molecular formula is C13H15BrN4O. The molecule has 19 heavy (non-hydrogen) atoms. The summed E-state index contributed by atoms with van der Waals surface area (Å²) in [6, 6.07) is 5.66. The minimum Gasteiger partial charge on any atom is -0.496 e. The summed E-state index contributed by atoms with van der Waals surface area (Å²) in [5, 5.41) is 0. The van der Waals surface area contributed by atoms with E-state index in [0.717, 1.165) is 34.5 Å². The number of nitrogens with zero attached hydrogens (tertiary/aromatic N) is 3. The summed E-state index contributed by atoms with van der Waals surface area (Å²) in [6.07, 6.45) is 1.76. The fourth-order valence-corrected chi connectivity index (χ4v) is 2.25. The van der Waals surface area contributed by atoms with Crippen molar-refractivity contribution in [2.24, 2.45) is 0 Å². The molecule has 1 heterocycles. The van der Waals surface area contributed by atoms with Crippen molar-refractivity contribution < 1.29 is 4.74 Å². The van der Waals surface area contributed by atoms with Gasteiger partial charge in [-0.15, -0.1) is 0 Å². The molecule has 6 heteroatoms. The molecule has 0 unspecified atom stereocenters. The topological polar surface area (TPSA) is 73.9 Å². The van der Waals surface area contributed by atoms with Crippen molar-refractivity contribution in [3.63, 3.8) is 0 Å². The molecule has 1 aromatic heterocycles. The Morgan fingerprint density at radius 1 is 1.26 bits per heavy atom. The molecule has 2 rings (SSSR count). The van der Waals surface area contributed by atoms with Crippen LogP contribution in [0.25, 0.3) is 11.4 Å². The van der Waals surface area contributed by atoms with E-state index in [1.165, 1.54) is 0 Å². The van der Waals surface area contributed by atoms with E-state index in [9.17, 15) is 0 Å². The van der Waals surface area contributed by atoms with Crippen LogP contribution in [0.5, 0.6) is 5.75 Å². The Morgan fingerprint density at radius 3 is 2.68 bits per heavy atom. The molecule has 1 aromatic carbocycles. The second kappa shape index (κ2) is 5.97. The van der Waals surface area contributed by atoms with Crippen molar-refractivity contribution in [1.82, 2.24) is 15.0 Å². The van der Waals surface area contributed by atoms with Crippen LogP contribution in [0, 0.1) is 0 Å². The SMILES string of the molecule is CCCc1nc(N)nc(-c2ccc(OC)c(Br)c2)n1. The highest BCUT2D eigenvalue weighted by molar-refractivity contribution is 9.10.